The summed E-state index contributed by atoms with van der Waals surface area (Å²) >= 11 is 0. The van der Waals surface area contributed by atoms with Crippen molar-refractivity contribution in [3.05, 3.63) is 42.5 Å². The van der Waals surface area contributed by atoms with Crippen molar-refractivity contribution in [3.63, 3.8) is 0 Å². The molecule has 2 N–H and O–H groups in total. The SMILES string of the molecule is c1ccc(-c2ccc(NCCC3CCCN3)nn2)cc1. The van der Waals surface area contributed by atoms with E-state index in [-0.39, 0.29) is 0 Å². The Morgan fingerprint density at radius 2 is 2.00 bits per heavy atom. The Labute approximate surface area is 119 Å². The summed E-state index contributed by atoms with van der Waals surface area (Å²) in [6.45, 7) is 2.10. The van der Waals surface area contributed by atoms with Crippen LogP contribution in [0.2, 0.25) is 0 Å². The predicted octanol–water partition coefficient (Wildman–Crippen LogP) is 2.70. The van der Waals surface area contributed by atoms with E-state index in [0.717, 1.165) is 36.6 Å². The van der Waals surface area contributed by atoms with E-state index in [9.17, 15) is 0 Å². The molecule has 20 heavy (non-hydrogen) atoms. The van der Waals surface area contributed by atoms with Crippen LogP contribution < -0.4 is 10.6 Å². The molecule has 0 aliphatic carbocycles. The maximum atomic E-state index is 4.27. The fraction of sp³-hybridized carbons (Fsp3) is 0.375. The molecule has 1 atom stereocenters. The lowest BCUT2D eigenvalue weighted by molar-refractivity contribution is 0.574. The van der Waals surface area contributed by atoms with E-state index in [4.69, 9.17) is 0 Å². The van der Waals surface area contributed by atoms with E-state index in [0.29, 0.717) is 6.04 Å². The first-order valence-corrected chi connectivity index (χ1v) is 7.28. The number of aromatic nitrogens is 2. The van der Waals surface area contributed by atoms with E-state index in [1.165, 1.54) is 12.8 Å². The summed E-state index contributed by atoms with van der Waals surface area (Å²) < 4.78 is 0. The van der Waals surface area contributed by atoms with Crippen LogP contribution in [-0.4, -0.2) is 29.3 Å². The maximum absolute atomic E-state index is 4.27. The second-order valence-corrected chi connectivity index (χ2v) is 5.18. The van der Waals surface area contributed by atoms with Gasteiger partial charge in [0.25, 0.3) is 0 Å². The van der Waals surface area contributed by atoms with Crippen molar-refractivity contribution in [2.24, 2.45) is 0 Å². The third kappa shape index (κ3) is 3.33. The summed E-state index contributed by atoms with van der Waals surface area (Å²) in [5.74, 6) is 0.850. The second-order valence-electron chi connectivity index (χ2n) is 5.18. The maximum Gasteiger partial charge on any atom is 0.148 e. The number of hydrogen-bond donors (Lipinski definition) is 2. The molecule has 0 radical (unpaired) electrons. The van der Waals surface area contributed by atoms with Gasteiger partial charge in [-0.1, -0.05) is 30.3 Å². The van der Waals surface area contributed by atoms with Gasteiger partial charge in [0.1, 0.15) is 5.82 Å². The van der Waals surface area contributed by atoms with Crippen LogP contribution in [0.4, 0.5) is 5.82 Å². The summed E-state index contributed by atoms with van der Waals surface area (Å²) in [4.78, 5) is 0. The van der Waals surface area contributed by atoms with Gasteiger partial charge in [0.2, 0.25) is 0 Å². The van der Waals surface area contributed by atoms with Gasteiger partial charge in [0, 0.05) is 18.2 Å². The van der Waals surface area contributed by atoms with Gasteiger partial charge in [-0.05, 0) is 37.9 Å². The topological polar surface area (TPSA) is 49.8 Å². The zero-order chi connectivity index (χ0) is 13.6. The summed E-state index contributed by atoms with van der Waals surface area (Å²) in [6.07, 6.45) is 3.73. The monoisotopic (exact) mass is 268 g/mol. The first-order valence-electron chi connectivity index (χ1n) is 7.28. The molecule has 0 bridgehead atoms. The first kappa shape index (κ1) is 13.1. The Morgan fingerprint density at radius 3 is 2.70 bits per heavy atom. The molecule has 3 rings (SSSR count). The molecule has 1 saturated heterocycles. The van der Waals surface area contributed by atoms with Crippen molar-refractivity contribution < 1.29 is 0 Å². The Morgan fingerprint density at radius 1 is 1.10 bits per heavy atom. The molecule has 1 unspecified atom stereocenters. The fourth-order valence-corrected chi connectivity index (χ4v) is 2.57. The Kier molecular flexibility index (Phi) is 4.23. The van der Waals surface area contributed by atoms with Crippen LogP contribution >= 0.6 is 0 Å². The lowest BCUT2D eigenvalue weighted by Crippen LogP contribution is -2.24. The number of nitrogens with one attached hydrogen (secondary N) is 2. The van der Waals surface area contributed by atoms with Gasteiger partial charge in [-0.2, -0.15) is 0 Å². The second kappa shape index (κ2) is 6.48. The Balaban J connectivity index is 1.53. The molecule has 1 aromatic carbocycles. The van der Waals surface area contributed by atoms with Gasteiger partial charge >= 0.3 is 0 Å². The van der Waals surface area contributed by atoms with Crippen LogP contribution in [0.15, 0.2) is 42.5 Å². The number of hydrogen-bond acceptors (Lipinski definition) is 4. The number of rotatable bonds is 5. The normalized spacial score (nSPS) is 18.1. The highest BCUT2D eigenvalue weighted by atomic mass is 15.2. The molecular weight excluding hydrogens is 248 g/mol. The van der Waals surface area contributed by atoms with E-state index in [1.54, 1.807) is 0 Å². The van der Waals surface area contributed by atoms with Crippen molar-refractivity contribution in [1.82, 2.24) is 15.5 Å². The highest BCUT2D eigenvalue weighted by molar-refractivity contribution is 5.59. The summed E-state index contributed by atoms with van der Waals surface area (Å²) in [5.41, 5.74) is 2.01. The minimum Gasteiger partial charge on any atom is -0.369 e. The van der Waals surface area contributed by atoms with Crippen LogP contribution in [0, 0.1) is 0 Å². The van der Waals surface area contributed by atoms with Crippen molar-refractivity contribution in [2.45, 2.75) is 25.3 Å². The number of nitrogens with zero attached hydrogens (tertiary/aromatic N) is 2. The Bertz CT molecular complexity index is 518. The fourth-order valence-electron chi connectivity index (χ4n) is 2.57. The van der Waals surface area contributed by atoms with Gasteiger partial charge in [-0.15, -0.1) is 10.2 Å². The number of anilines is 1. The molecule has 2 aromatic rings. The lowest BCUT2D eigenvalue weighted by Gasteiger charge is -2.10. The highest BCUT2D eigenvalue weighted by Crippen LogP contribution is 2.16. The van der Waals surface area contributed by atoms with Gasteiger partial charge < -0.3 is 10.6 Å². The van der Waals surface area contributed by atoms with Crippen molar-refractivity contribution in [1.29, 1.82) is 0 Å². The summed E-state index contributed by atoms with van der Waals surface area (Å²) in [5, 5.41) is 15.3. The van der Waals surface area contributed by atoms with Gasteiger partial charge in [-0.25, -0.2) is 0 Å². The molecule has 4 heteroatoms. The quantitative estimate of drug-likeness (QED) is 0.875. The van der Waals surface area contributed by atoms with Crippen molar-refractivity contribution >= 4 is 5.82 Å². The molecule has 1 fully saturated rings. The van der Waals surface area contributed by atoms with Crippen molar-refractivity contribution in [2.75, 3.05) is 18.4 Å². The average molecular weight is 268 g/mol. The van der Waals surface area contributed by atoms with E-state index in [2.05, 4.69) is 20.8 Å². The van der Waals surface area contributed by atoms with Crippen LogP contribution in [0.5, 0.6) is 0 Å². The average Bonchev–Trinajstić information content (AvgIpc) is 3.02. The minimum atomic E-state index is 0.666. The van der Waals surface area contributed by atoms with Gasteiger partial charge in [0.05, 0.1) is 5.69 Å². The number of benzene rings is 1. The van der Waals surface area contributed by atoms with Crippen LogP contribution in [0.1, 0.15) is 19.3 Å². The lowest BCUT2D eigenvalue weighted by atomic mass is 10.1. The predicted molar refractivity (Wildman–Crippen MR) is 81.6 cm³/mol. The minimum absolute atomic E-state index is 0.666. The summed E-state index contributed by atoms with van der Waals surface area (Å²) in [7, 11) is 0. The van der Waals surface area contributed by atoms with E-state index in [1.807, 2.05) is 42.5 Å². The molecule has 0 amide bonds. The molecular formula is C16H20N4. The molecule has 104 valence electrons. The van der Waals surface area contributed by atoms with Crippen molar-refractivity contribution in [3.8, 4) is 11.3 Å². The van der Waals surface area contributed by atoms with Crippen LogP contribution in [0.3, 0.4) is 0 Å². The third-order valence-electron chi connectivity index (χ3n) is 3.70. The van der Waals surface area contributed by atoms with Crippen LogP contribution in [-0.2, 0) is 0 Å². The van der Waals surface area contributed by atoms with Crippen LogP contribution in [0.25, 0.3) is 11.3 Å². The van der Waals surface area contributed by atoms with E-state index < -0.39 is 0 Å². The highest BCUT2D eigenvalue weighted by Gasteiger charge is 2.12. The first-order chi connectivity index (χ1) is 9.92. The largest absolute Gasteiger partial charge is 0.369 e. The molecule has 2 heterocycles. The van der Waals surface area contributed by atoms with E-state index >= 15 is 0 Å². The molecule has 1 aromatic heterocycles. The smallest absolute Gasteiger partial charge is 0.148 e. The standard InChI is InChI=1S/C16H20N4/c1-2-5-13(6-3-1)15-8-9-16(20-19-15)18-12-10-14-7-4-11-17-14/h1-3,5-6,8-9,14,17H,4,7,10-12H2,(H,18,20). The molecule has 4 nitrogen and oxygen atoms in total. The molecule has 0 spiro atoms. The molecule has 1 aliphatic heterocycles. The van der Waals surface area contributed by atoms with Gasteiger partial charge in [-0.3, -0.25) is 0 Å². The van der Waals surface area contributed by atoms with Gasteiger partial charge in [0.15, 0.2) is 0 Å². The Hall–Kier alpha value is -1.94. The summed E-state index contributed by atoms with van der Waals surface area (Å²) in [6, 6.07) is 14.8. The molecule has 1 aliphatic rings. The molecule has 0 saturated carbocycles. The zero-order valence-corrected chi connectivity index (χ0v) is 11.5. The zero-order valence-electron chi connectivity index (χ0n) is 11.5. The third-order valence-corrected chi connectivity index (χ3v) is 3.70.